The van der Waals surface area contributed by atoms with Crippen LogP contribution in [0.1, 0.15) is 25.0 Å². The van der Waals surface area contributed by atoms with E-state index in [1.54, 1.807) is 6.20 Å². The zero-order chi connectivity index (χ0) is 11.2. The van der Waals surface area contributed by atoms with Crippen molar-refractivity contribution < 1.29 is 0 Å². The summed E-state index contributed by atoms with van der Waals surface area (Å²) in [5.74, 6) is 0.658. The summed E-state index contributed by atoms with van der Waals surface area (Å²) in [7, 11) is 0. The van der Waals surface area contributed by atoms with Crippen LogP contribution in [0.2, 0.25) is 0 Å². The lowest BCUT2D eigenvalue weighted by molar-refractivity contribution is 0.338. The standard InChI is InChI=1S/C12H18N4.HI/c13-12(16-8-4-1-5-9-16)15-10-11-6-2-3-7-14-11;/h2-3,6-7H,1,4-5,8-10H2,(H2,13,15);1H. The normalized spacial score (nSPS) is 16.5. The molecule has 0 amide bonds. The highest BCUT2D eigenvalue weighted by atomic mass is 127. The molecule has 5 heteroatoms. The van der Waals surface area contributed by atoms with Gasteiger partial charge in [-0.05, 0) is 31.4 Å². The van der Waals surface area contributed by atoms with E-state index in [1.165, 1.54) is 19.3 Å². The molecule has 1 aliphatic heterocycles. The van der Waals surface area contributed by atoms with Gasteiger partial charge in [-0.1, -0.05) is 6.07 Å². The Morgan fingerprint density at radius 3 is 2.71 bits per heavy atom. The Hall–Kier alpha value is -0.850. The molecule has 1 aliphatic rings. The maximum atomic E-state index is 5.94. The summed E-state index contributed by atoms with van der Waals surface area (Å²) in [5.41, 5.74) is 6.91. The van der Waals surface area contributed by atoms with E-state index < -0.39 is 0 Å². The molecule has 0 bridgehead atoms. The smallest absolute Gasteiger partial charge is 0.191 e. The first-order valence-corrected chi connectivity index (χ1v) is 5.81. The lowest BCUT2D eigenvalue weighted by Crippen LogP contribution is -2.40. The number of nitrogens with zero attached hydrogens (tertiary/aromatic N) is 3. The molecule has 1 aromatic rings. The third kappa shape index (κ3) is 4.49. The number of pyridine rings is 1. The van der Waals surface area contributed by atoms with Crippen LogP contribution in [0.3, 0.4) is 0 Å². The molecule has 2 rings (SSSR count). The van der Waals surface area contributed by atoms with Gasteiger partial charge in [-0.2, -0.15) is 0 Å². The monoisotopic (exact) mass is 346 g/mol. The molecule has 17 heavy (non-hydrogen) atoms. The third-order valence-corrected chi connectivity index (χ3v) is 2.81. The number of aromatic nitrogens is 1. The van der Waals surface area contributed by atoms with Crippen LogP contribution in [0, 0.1) is 0 Å². The molecule has 2 heterocycles. The minimum Gasteiger partial charge on any atom is -0.370 e. The van der Waals surface area contributed by atoms with Crippen LogP contribution >= 0.6 is 24.0 Å². The number of guanidine groups is 1. The van der Waals surface area contributed by atoms with Crippen molar-refractivity contribution in [3.63, 3.8) is 0 Å². The maximum Gasteiger partial charge on any atom is 0.191 e. The van der Waals surface area contributed by atoms with Crippen molar-refractivity contribution in [3.8, 4) is 0 Å². The van der Waals surface area contributed by atoms with Gasteiger partial charge < -0.3 is 10.6 Å². The largest absolute Gasteiger partial charge is 0.370 e. The van der Waals surface area contributed by atoms with E-state index in [0.29, 0.717) is 12.5 Å². The zero-order valence-corrected chi connectivity index (χ0v) is 12.2. The summed E-state index contributed by atoms with van der Waals surface area (Å²) in [6.07, 6.45) is 5.53. The van der Waals surface area contributed by atoms with Crippen LogP contribution in [0.15, 0.2) is 29.4 Å². The molecular weight excluding hydrogens is 327 g/mol. The molecule has 0 unspecified atom stereocenters. The summed E-state index contributed by atoms with van der Waals surface area (Å²) in [6.45, 7) is 2.65. The Balaban J connectivity index is 0.00000144. The highest BCUT2D eigenvalue weighted by Crippen LogP contribution is 2.08. The number of rotatable bonds is 2. The van der Waals surface area contributed by atoms with Crippen molar-refractivity contribution in [2.45, 2.75) is 25.8 Å². The second-order valence-corrected chi connectivity index (χ2v) is 4.04. The van der Waals surface area contributed by atoms with Crippen LogP contribution in [-0.2, 0) is 6.54 Å². The maximum absolute atomic E-state index is 5.94. The summed E-state index contributed by atoms with van der Waals surface area (Å²) in [5, 5.41) is 0. The predicted octanol–water partition coefficient (Wildman–Crippen LogP) is 2.00. The lowest BCUT2D eigenvalue weighted by Gasteiger charge is -2.27. The van der Waals surface area contributed by atoms with Gasteiger partial charge in [-0.3, -0.25) is 4.98 Å². The van der Waals surface area contributed by atoms with Crippen LogP contribution in [0.4, 0.5) is 0 Å². The molecule has 1 aromatic heterocycles. The number of halogens is 1. The quantitative estimate of drug-likeness (QED) is 0.506. The average Bonchev–Trinajstić information content (AvgIpc) is 2.38. The topological polar surface area (TPSA) is 54.5 Å². The molecule has 0 saturated carbocycles. The number of nitrogens with two attached hydrogens (primary N) is 1. The van der Waals surface area contributed by atoms with E-state index in [4.69, 9.17) is 5.73 Å². The molecular formula is C12H19IN4. The second kappa shape index (κ2) is 7.47. The van der Waals surface area contributed by atoms with Gasteiger partial charge in [0, 0.05) is 19.3 Å². The minimum absolute atomic E-state index is 0. The number of aliphatic imine (C=N–C) groups is 1. The highest BCUT2D eigenvalue weighted by Gasteiger charge is 2.11. The van der Waals surface area contributed by atoms with Crippen molar-refractivity contribution in [2.75, 3.05) is 13.1 Å². The van der Waals surface area contributed by atoms with Crippen molar-refractivity contribution in [1.29, 1.82) is 0 Å². The molecule has 2 N–H and O–H groups in total. The second-order valence-electron chi connectivity index (χ2n) is 4.04. The van der Waals surface area contributed by atoms with Gasteiger partial charge in [0.15, 0.2) is 5.96 Å². The van der Waals surface area contributed by atoms with E-state index >= 15 is 0 Å². The Bertz CT molecular complexity index is 347. The number of hydrogen-bond donors (Lipinski definition) is 1. The Morgan fingerprint density at radius 1 is 1.29 bits per heavy atom. The predicted molar refractivity (Wildman–Crippen MR) is 80.4 cm³/mol. The number of likely N-dealkylation sites (tertiary alicyclic amines) is 1. The van der Waals surface area contributed by atoms with E-state index in [-0.39, 0.29) is 24.0 Å². The van der Waals surface area contributed by atoms with Crippen LogP contribution in [0.25, 0.3) is 0 Å². The van der Waals surface area contributed by atoms with Gasteiger partial charge in [0.05, 0.1) is 12.2 Å². The van der Waals surface area contributed by atoms with Crippen molar-refractivity contribution in [3.05, 3.63) is 30.1 Å². The Kier molecular flexibility index (Phi) is 6.25. The van der Waals surface area contributed by atoms with Gasteiger partial charge in [-0.15, -0.1) is 24.0 Å². The molecule has 0 aliphatic carbocycles. The van der Waals surface area contributed by atoms with E-state index in [1.807, 2.05) is 18.2 Å². The van der Waals surface area contributed by atoms with E-state index in [2.05, 4.69) is 14.9 Å². The first-order valence-electron chi connectivity index (χ1n) is 5.81. The molecule has 0 radical (unpaired) electrons. The first kappa shape index (κ1) is 14.2. The fourth-order valence-corrected chi connectivity index (χ4v) is 1.88. The van der Waals surface area contributed by atoms with E-state index in [9.17, 15) is 0 Å². The summed E-state index contributed by atoms with van der Waals surface area (Å²) < 4.78 is 0. The SMILES string of the molecule is I.NC(=NCc1ccccn1)N1CCCCC1. The molecule has 0 atom stereocenters. The zero-order valence-electron chi connectivity index (χ0n) is 9.88. The molecule has 1 saturated heterocycles. The van der Waals surface area contributed by atoms with Crippen molar-refractivity contribution >= 4 is 29.9 Å². The molecule has 4 nitrogen and oxygen atoms in total. The van der Waals surface area contributed by atoms with Crippen LogP contribution in [0.5, 0.6) is 0 Å². The van der Waals surface area contributed by atoms with Crippen LogP contribution < -0.4 is 5.73 Å². The Labute approximate surface area is 119 Å². The highest BCUT2D eigenvalue weighted by molar-refractivity contribution is 14.0. The fourth-order valence-electron chi connectivity index (χ4n) is 1.88. The van der Waals surface area contributed by atoms with Crippen LogP contribution in [-0.4, -0.2) is 28.9 Å². The first-order chi connectivity index (χ1) is 7.86. The fraction of sp³-hybridized carbons (Fsp3) is 0.500. The third-order valence-electron chi connectivity index (χ3n) is 2.81. The van der Waals surface area contributed by atoms with Gasteiger partial charge in [0.2, 0.25) is 0 Å². The molecule has 94 valence electrons. The molecule has 1 fully saturated rings. The number of hydrogen-bond acceptors (Lipinski definition) is 2. The van der Waals surface area contributed by atoms with Gasteiger partial charge >= 0.3 is 0 Å². The average molecular weight is 346 g/mol. The van der Waals surface area contributed by atoms with Gasteiger partial charge in [0.25, 0.3) is 0 Å². The van der Waals surface area contributed by atoms with Gasteiger partial charge in [-0.25, -0.2) is 4.99 Å². The minimum atomic E-state index is 0. The summed E-state index contributed by atoms with van der Waals surface area (Å²) in [4.78, 5) is 10.7. The van der Waals surface area contributed by atoms with E-state index in [0.717, 1.165) is 18.8 Å². The van der Waals surface area contributed by atoms with Gasteiger partial charge in [0.1, 0.15) is 0 Å². The summed E-state index contributed by atoms with van der Waals surface area (Å²) in [6, 6.07) is 5.84. The molecule has 0 aromatic carbocycles. The van der Waals surface area contributed by atoms with Crippen molar-refractivity contribution in [1.82, 2.24) is 9.88 Å². The summed E-state index contributed by atoms with van der Waals surface area (Å²) >= 11 is 0. The number of piperidine rings is 1. The molecule has 0 spiro atoms. The lowest BCUT2D eigenvalue weighted by atomic mass is 10.1. The van der Waals surface area contributed by atoms with Crippen molar-refractivity contribution in [2.24, 2.45) is 10.7 Å². The Morgan fingerprint density at radius 2 is 2.06 bits per heavy atom.